The monoisotopic (exact) mass is 457 g/mol. The van der Waals surface area contributed by atoms with Gasteiger partial charge in [0.15, 0.2) is 11.5 Å². The Morgan fingerprint density at radius 3 is 2.52 bits per heavy atom. The molecule has 3 aromatic carbocycles. The second-order valence-electron chi connectivity index (χ2n) is 6.14. The summed E-state index contributed by atoms with van der Waals surface area (Å²) in [5.41, 5.74) is 2.41. The average Bonchev–Trinajstić information content (AvgIpc) is 2.72. The van der Waals surface area contributed by atoms with E-state index in [9.17, 15) is 4.39 Å². The van der Waals surface area contributed by atoms with Gasteiger partial charge in [0, 0.05) is 6.21 Å². The van der Waals surface area contributed by atoms with E-state index in [2.05, 4.69) is 20.9 Å². The Bertz CT molecular complexity index is 990. The minimum absolute atomic E-state index is 0.232. The topological polar surface area (TPSA) is 40.0 Å². The maximum absolute atomic E-state index is 13.4. The van der Waals surface area contributed by atoms with E-state index in [-0.39, 0.29) is 12.4 Å². The Kier molecular flexibility index (Phi) is 7.25. The highest BCUT2D eigenvalue weighted by Crippen LogP contribution is 2.37. The number of nitrogens with zero attached hydrogens (tertiary/aromatic N) is 1. The Morgan fingerprint density at radius 1 is 1.03 bits per heavy atom. The molecule has 0 saturated heterocycles. The normalized spacial score (nSPS) is 10.9. The van der Waals surface area contributed by atoms with Crippen LogP contribution in [0, 0.1) is 5.82 Å². The molecule has 0 radical (unpaired) electrons. The SMILES string of the molecule is CCOc1cc(C=Nc2ccc(OC)cc2)cc(Br)c1OCc1cccc(F)c1. The lowest BCUT2D eigenvalue weighted by atomic mass is 10.2. The van der Waals surface area contributed by atoms with Gasteiger partial charge in [0.25, 0.3) is 0 Å². The smallest absolute Gasteiger partial charge is 0.175 e. The summed E-state index contributed by atoms with van der Waals surface area (Å²) in [6, 6.07) is 17.6. The fraction of sp³-hybridized carbons (Fsp3) is 0.174. The van der Waals surface area contributed by atoms with Gasteiger partial charge >= 0.3 is 0 Å². The van der Waals surface area contributed by atoms with Gasteiger partial charge in [-0.1, -0.05) is 12.1 Å². The first-order valence-corrected chi connectivity index (χ1v) is 9.90. The number of aliphatic imine (C=N–C) groups is 1. The van der Waals surface area contributed by atoms with Crippen molar-refractivity contribution in [3.8, 4) is 17.2 Å². The van der Waals surface area contributed by atoms with Crippen LogP contribution in [0.25, 0.3) is 0 Å². The van der Waals surface area contributed by atoms with Crippen molar-refractivity contribution in [1.29, 1.82) is 0 Å². The van der Waals surface area contributed by atoms with Crippen molar-refractivity contribution in [2.24, 2.45) is 4.99 Å². The van der Waals surface area contributed by atoms with Crippen LogP contribution in [0.5, 0.6) is 17.2 Å². The fourth-order valence-corrected chi connectivity index (χ4v) is 3.24. The van der Waals surface area contributed by atoms with Crippen molar-refractivity contribution in [2.45, 2.75) is 13.5 Å². The third kappa shape index (κ3) is 5.81. The van der Waals surface area contributed by atoms with Gasteiger partial charge in [0.05, 0.1) is 23.9 Å². The lowest BCUT2D eigenvalue weighted by Gasteiger charge is -2.14. The molecule has 0 aliphatic heterocycles. The summed E-state index contributed by atoms with van der Waals surface area (Å²) in [5.74, 6) is 1.65. The maximum atomic E-state index is 13.4. The van der Waals surface area contributed by atoms with E-state index < -0.39 is 0 Å². The maximum Gasteiger partial charge on any atom is 0.175 e. The summed E-state index contributed by atoms with van der Waals surface area (Å²) in [4.78, 5) is 4.49. The van der Waals surface area contributed by atoms with E-state index in [0.717, 1.165) is 27.0 Å². The van der Waals surface area contributed by atoms with Crippen LogP contribution in [0.1, 0.15) is 18.1 Å². The molecule has 0 aromatic heterocycles. The molecule has 3 rings (SSSR count). The standard InChI is InChI=1S/C23H21BrFNO3/c1-3-28-22-13-17(14-26-19-7-9-20(27-2)10-8-19)12-21(24)23(22)29-15-16-5-4-6-18(25)11-16/h4-14H,3,15H2,1-2H3. The molecule has 0 N–H and O–H groups in total. The summed E-state index contributed by atoms with van der Waals surface area (Å²) < 4.78 is 30.9. The van der Waals surface area contributed by atoms with Gasteiger partial charge in [-0.3, -0.25) is 4.99 Å². The van der Waals surface area contributed by atoms with Crippen LogP contribution < -0.4 is 14.2 Å². The molecule has 0 aliphatic carbocycles. The Labute approximate surface area is 178 Å². The molecule has 29 heavy (non-hydrogen) atoms. The molecule has 150 valence electrons. The van der Waals surface area contributed by atoms with E-state index in [1.165, 1.54) is 12.1 Å². The summed E-state index contributed by atoms with van der Waals surface area (Å²) in [6.07, 6.45) is 1.76. The second-order valence-corrected chi connectivity index (χ2v) is 6.99. The van der Waals surface area contributed by atoms with E-state index in [1.54, 1.807) is 19.4 Å². The molecule has 0 amide bonds. The zero-order valence-electron chi connectivity index (χ0n) is 16.2. The zero-order valence-corrected chi connectivity index (χ0v) is 17.8. The summed E-state index contributed by atoms with van der Waals surface area (Å²) in [5, 5.41) is 0. The Balaban J connectivity index is 1.80. The number of rotatable bonds is 8. The first kappa shape index (κ1) is 20.9. The molecule has 0 fully saturated rings. The van der Waals surface area contributed by atoms with Crippen LogP contribution in [0.15, 0.2) is 70.1 Å². The zero-order chi connectivity index (χ0) is 20.6. The molecule has 0 aliphatic rings. The largest absolute Gasteiger partial charge is 0.497 e. The fourth-order valence-electron chi connectivity index (χ4n) is 2.67. The number of benzene rings is 3. The van der Waals surface area contributed by atoms with E-state index in [0.29, 0.717) is 18.1 Å². The molecule has 0 spiro atoms. The van der Waals surface area contributed by atoms with Crippen LogP contribution in [-0.2, 0) is 6.61 Å². The predicted octanol–water partition coefficient (Wildman–Crippen LogP) is 6.33. The summed E-state index contributed by atoms with van der Waals surface area (Å²) in [7, 11) is 1.63. The highest BCUT2D eigenvalue weighted by Gasteiger charge is 2.12. The number of halogens is 2. The number of methoxy groups -OCH3 is 1. The van der Waals surface area contributed by atoms with Crippen LogP contribution in [-0.4, -0.2) is 19.9 Å². The van der Waals surface area contributed by atoms with Crippen molar-refractivity contribution in [3.05, 3.63) is 82.1 Å². The van der Waals surface area contributed by atoms with Crippen molar-refractivity contribution >= 4 is 27.8 Å². The molecule has 4 nitrogen and oxygen atoms in total. The van der Waals surface area contributed by atoms with Crippen LogP contribution >= 0.6 is 15.9 Å². The van der Waals surface area contributed by atoms with Crippen LogP contribution in [0.4, 0.5) is 10.1 Å². The van der Waals surface area contributed by atoms with Crippen molar-refractivity contribution in [2.75, 3.05) is 13.7 Å². The Hall–Kier alpha value is -2.86. The van der Waals surface area contributed by atoms with Crippen LogP contribution in [0.2, 0.25) is 0 Å². The third-order valence-corrected chi connectivity index (χ3v) is 4.63. The summed E-state index contributed by atoms with van der Waals surface area (Å²) in [6.45, 7) is 2.62. The van der Waals surface area contributed by atoms with Crippen LogP contribution in [0.3, 0.4) is 0 Å². The van der Waals surface area contributed by atoms with Gasteiger partial charge in [-0.2, -0.15) is 0 Å². The van der Waals surface area contributed by atoms with Crippen molar-refractivity contribution in [1.82, 2.24) is 0 Å². The minimum Gasteiger partial charge on any atom is -0.497 e. The number of ether oxygens (including phenoxy) is 3. The molecule has 6 heteroatoms. The number of hydrogen-bond donors (Lipinski definition) is 0. The molecule has 0 heterocycles. The van der Waals surface area contributed by atoms with Gasteiger partial charge in [-0.25, -0.2) is 4.39 Å². The van der Waals surface area contributed by atoms with Gasteiger partial charge in [-0.15, -0.1) is 0 Å². The average molecular weight is 458 g/mol. The first-order valence-electron chi connectivity index (χ1n) is 9.10. The lowest BCUT2D eigenvalue weighted by Crippen LogP contribution is -2.01. The lowest BCUT2D eigenvalue weighted by molar-refractivity contribution is 0.267. The molecule has 3 aromatic rings. The number of hydrogen-bond acceptors (Lipinski definition) is 4. The minimum atomic E-state index is -0.291. The predicted molar refractivity (Wildman–Crippen MR) is 116 cm³/mol. The highest BCUT2D eigenvalue weighted by molar-refractivity contribution is 9.10. The van der Waals surface area contributed by atoms with E-state index >= 15 is 0 Å². The quantitative estimate of drug-likeness (QED) is 0.371. The molecular weight excluding hydrogens is 437 g/mol. The summed E-state index contributed by atoms with van der Waals surface area (Å²) >= 11 is 3.54. The Morgan fingerprint density at radius 2 is 1.83 bits per heavy atom. The first-order chi connectivity index (χ1) is 14.1. The molecule has 0 atom stereocenters. The molecule has 0 bridgehead atoms. The molecule has 0 unspecified atom stereocenters. The molecular formula is C23H21BrFNO3. The second kappa shape index (κ2) is 10.1. The van der Waals surface area contributed by atoms with E-state index in [4.69, 9.17) is 14.2 Å². The van der Waals surface area contributed by atoms with Gasteiger partial charge < -0.3 is 14.2 Å². The van der Waals surface area contributed by atoms with Crippen molar-refractivity contribution < 1.29 is 18.6 Å². The molecule has 0 saturated carbocycles. The van der Waals surface area contributed by atoms with E-state index in [1.807, 2.05) is 49.4 Å². The highest BCUT2D eigenvalue weighted by atomic mass is 79.9. The van der Waals surface area contributed by atoms with Gasteiger partial charge in [-0.05, 0) is 82.5 Å². The van der Waals surface area contributed by atoms with Crippen molar-refractivity contribution in [3.63, 3.8) is 0 Å². The van der Waals surface area contributed by atoms with Gasteiger partial charge in [0.2, 0.25) is 0 Å². The third-order valence-electron chi connectivity index (χ3n) is 4.04. The van der Waals surface area contributed by atoms with Gasteiger partial charge in [0.1, 0.15) is 18.2 Å².